The molecule has 7 heteroatoms. The minimum absolute atomic E-state index is 0.237. The Bertz CT molecular complexity index is 1430. The van der Waals surface area contributed by atoms with Crippen molar-refractivity contribution in [2.75, 3.05) is 11.4 Å². The van der Waals surface area contributed by atoms with Crippen LogP contribution in [0, 0.1) is 20.8 Å². The molecule has 4 rings (SSSR count). The molecule has 0 aromatic heterocycles. The summed E-state index contributed by atoms with van der Waals surface area (Å²) in [5, 5.41) is 10.3. The lowest BCUT2D eigenvalue weighted by molar-refractivity contribution is -0.160. The Morgan fingerprint density at radius 2 is 1.54 bits per heavy atom. The predicted octanol–water partition coefficient (Wildman–Crippen LogP) is 6.03. The van der Waals surface area contributed by atoms with Gasteiger partial charge in [-0.2, -0.15) is 0 Å². The molecule has 3 aromatic rings. The van der Waals surface area contributed by atoms with Crippen molar-refractivity contribution in [3.8, 4) is 22.3 Å². The molecule has 0 unspecified atom stereocenters. The average Bonchev–Trinajstić information content (AvgIpc) is 2.77. The monoisotopic (exact) mass is 493 g/mol. The molecule has 35 heavy (non-hydrogen) atoms. The summed E-state index contributed by atoms with van der Waals surface area (Å²) in [6.07, 6.45) is -1.29. The summed E-state index contributed by atoms with van der Waals surface area (Å²) in [5.41, 5.74) is 5.67. The van der Waals surface area contributed by atoms with E-state index in [0.29, 0.717) is 22.4 Å². The summed E-state index contributed by atoms with van der Waals surface area (Å²) in [4.78, 5) is 12.8. The van der Waals surface area contributed by atoms with Gasteiger partial charge in [0, 0.05) is 23.7 Å². The fraction of sp³-hybridized carbons (Fsp3) is 0.321. The van der Waals surface area contributed by atoms with Gasteiger partial charge in [-0.25, -0.2) is 13.2 Å². The van der Waals surface area contributed by atoms with E-state index in [2.05, 4.69) is 0 Å². The second kappa shape index (κ2) is 8.50. The fourth-order valence-corrected chi connectivity index (χ4v) is 6.36. The molecule has 0 amide bonds. The molecule has 0 saturated carbocycles. The lowest BCUT2D eigenvalue weighted by Crippen LogP contribution is -2.33. The molecule has 0 bridgehead atoms. The number of anilines is 1. The number of sulfonamides is 1. The molecule has 0 aliphatic carbocycles. The number of carboxylic acid groups (broad SMARTS) is 1. The highest BCUT2D eigenvalue weighted by molar-refractivity contribution is 7.93. The van der Waals surface area contributed by atoms with Crippen LogP contribution in [0.4, 0.5) is 5.69 Å². The molecule has 1 aliphatic rings. The average molecular weight is 494 g/mol. The third-order valence-electron chi connectivity index (χ3n) is 6.42. The number of aryl methyl sites for hydroxylation is 1. The van der Waals surface area contributed by atoms with Crippen LogP contribution in [0.5, 0.6) is 0 Å². The zero-order valence-electron chi connectivity index (χ0n) is 21.1. The second-order valence-corrected chi connectivity index (χ2v) is 12.0. The van der Waals surface area contributed by atoms with Crippen molar-refractivity contribution in [2.45, 2.75) is 58.1 Å². The van der Waals surface area contributed by atoms with Gasteiger partial charge >= 0.3 is 5.97 Å². The van der Waals surface area contributed by atoms with Crippen molar-refractivity contribution < 1.29 is 23.1 Å². The molecule has 1 heterocycles. The van der Waals surface area contributed by atoms with Gasteiger partial charge in [-0.3, -0.25) is 4.31 Å². The van der Waals surface area contributed by atoms with E-state index < -0.39 is 27.7 Å². The summed E-state index contributed by atoms with van der Waals surface area (Å²) in [7, 11) is -2.29. The third kappa shape index (κ3) is 4.13. The van der Waals surface area contributed by atoms with Crippen molar-refractivity contribution in [1.82, 2.24) is 0 Å². The molecule has 184 valence electrons. The van der Waals surface area contributed by atoms with Crippen molar-refractivity contribution in [1.29, 1.82) is 0 Å². The SMILES string of the molecule is Cc1ccc(-c2c(C)c3c(c(C)c2[C@H](OC(C)(C)C)C(=O)O)N(C)S(=O)(=O)c2ccccc2-3)cc1. The summed E-state index contributed by atoms with van der Waals surface area (Å²) in [5.74, 6) is -1.13. The first kappa shape index (κ1) is 24.9. The Hall–Kier alpha value is -3.16. The van der Waals surface area contributed by atoms with Crippen LogP contribution in [0.1, 0.15) is 49.1 Å². The maximum absolute atomic E-state index is 13.4. The van der Waals surface area contributed by atoms with Crippen LogP contribution < -0.4 is 4.31 Å². The standard InChI is InChI=1S/C28H31NO5S/c1-16-12-14-19(15-13-16)22-17(2)23-20-10-8-9-11-21(20)35(32,33)29(7)25(23)18(3)24(22)26(27(30)31)34-28(4,5)6/h8-15,26H,1-7H3,(H,30,31)/t26-/m0/s1. The van der Waals surface area contributed by atoms with Gasteiger partial charge in [0.05, 0.1) is 16.2 Å². The number of fused-ring (bicyclic) bond motifs is 3. The molecule has 6 nitrogen and oxygen atoms in total. The molecule has 0 saturated heterocycles. The number of aliphatic carboxylic acids is 1. The van der Waals surface area contributed by atoms with E-state index in [0.717, 1.165) is 27.8 Å². The van der Waals surface area contributed by atoms with E-state index in [1.54, 1.807) is 19.1 Å². The first-order valence-corrected chi connectivity index (χ1v) is 12.9. The molecular formula is C28H31NO5S. The fourth-order valence-electron chi connectivity index (χ4n) is 4.90. The topological polar surface area (TPSA) is 83.9 Å². The molecule has 0 radical (unpaired) electrons. The summed E-state index contributed by atoms with van der Waals surface area (Å²) >= 11 is 0. The molecule has 0 spiro atoms. The maximum Gasteiger partial charge on any atom is 0.337 e. The smallest absolute Gasteiger partial charge is 0.337 e. The largest absolute Gasteiger partial charge is 0.479 e. The van der Waals surface area contributed by atoms with Crippen molar-refractivity contribution in [3.63, 3.8) is 0 Å². The van der Waals surface area contributed by atoms with Crippen LogP contribution >= 0.6 is 0 Å². The Labute approximate surface area is 207 Å². The first-order valence-electron chi connectivity index (χ1n) is 11.5. The number of ether oxygens (including phenoxy) is 1. The molecule has 0 fully saturated rings. The van der Waals surface area contributed by atoms with E-state index in [9.17, 15) is 18.3 Å². The molecular weight excluding hydrogens is 462 g/mol. The van der Waals surface area contributed by atoms with E-state index in [4.69, 9.17) is 4.74 Å². The van der Waals surface area contributed by atoms with Gasteiger partial charge in [-0.15, -0.1) is 0 Å². The van der Waals surface area contributed by atoms with E-state index in [1.807, 2.05) is 71.0 Å². The highest BCUT2D eigenvalue weighted by Crippen LogP contribution is 2.52. The van der Waals surface area contributed by atoms with Crippen LogP contribution in [0.15, 0.2) is 53.4 Å². The van der Waals surface area contributed by atoms with Crippen LogP contribution in [0.3, 0.4) is 0 Å². The van der Waals surface area contributed by atoms with Gasteiger partial charge in [0.1, 0.15) is 0 Å². The van der Waals surface area contributed by atoms with Crippen molar-refractivity contribution >= 4 is 21.7 Å². The van der Waals surface area contributed by atoms with Gasteiger partial charge in [-0.1, -0.05) is 48.0 Å². The Morgan fingerprint density at radius 1 is 0.943 bits per heavy atom. The number of benzene rings is 3. The van der Waals surface area contributed by atoms with Crippen molar-refractivity contribution in [2.24, 2.45) is 0 Å². The summed E-state index contributed by atoms with van der Waals surface area (Å²) in [6, 6.07) is 14.9. The summed E-state index contributed by atoms with van der Waals surface area (Å²) < 4.78 is 34.2. The molecule has 3 aromatic carbocycles. The normalized spacial score (nSPS) is 15.3. The number of hydrogen-bond donors (Lipinski definition) is 1. The lowest BCUT2D eigenvalue weighted by atomic mass is 9.82. The molecule has 1 aliphatic heterocycles. The lowest BCUT2D eigenvalue weighted by Gasteiger charge is -2.36. The minimum atomic E-state index is -3.81. The quantitative estimate of drug-likeness (QED) is 0.480. The number of carbonyl (C=O) groups is 1. The Balaban J connectivity index is 2.20. The number of hydrogen-bond acceptors (Lipinski definition) is 4. The van der Waals surface area contributed by atoms with Crippen LogP contribution in [0.2, 0.25) is 0 Å². The highest BCUT2D eigenvalue weighted by atomic mass is 32.2. The second-order valence-electron chi connectivity index (χ2n) is 10.0. The highest BCUT2D eigenvalue weighted by Gasteiger charge is 2.39. The van der Waals surface area contributed by atoms with Gasteiger partial charge in [0.2, 0.25) is 0 Å². The Morgan fingerprint density at radius 3 is 2.11 bits per heavy atom. The number of nitrogens with zero attached hydrogens (tertiary/aromatic N) is 1. The van der Waals surface area contributed by atoms with E-state index in [1.165, 1.54) is 11.4 Å². The van der Waals surface area contributed by atoms with Gasteiger partial charge in [0.15, 0.2) is 6.10 Å². The van der Waals surface area contributed by atoms with E-state index >= 15 is 0 Å². The zero-order chi connectivity index (χ0) is 25.9. The van der Waals surface area contributed by atoms with Crippen LogP contribution in [-0.2, 0) is 19.6 Å². The van der Waals surface area contributed by atoms with E-state index in [-0.39, 0.29) is 4.90 Å². The zero-order valence-corrected chi connectivity index (χ0v) is 21.9. The summed E-state index contributed by atoms with van der Waals surface area (Å²) in [6.45, 7) is 11.1. The van der Waals surface area contributed by atoms with Crippen molar-refractivity contribution in [3.05, 3.63) is 70.8 Å². The van der Waals surface area contributed by atoms with Crippen LogP contribution in [-0.4, -0.2) is 32.1 Å². The maximum atomic E-state index is 13.4. The minimum Gasteiger partial charge on any atom is -0.479 e. The Kier molecular flexibility index (Phi) is 6.06. The molecule has 1 atom stereocenters. The van der Waals surface area contributed by atoms with Gasteiger partial charge in [0.25, 0.3) is 10.0 Å². The first-order chi connectivity index (χ1) is 16.3. The predicted molar refractivity (Wildman–Crippen MR) is 138 cm³/mol. The molecule has 1 N–H and O–H groups in total. The van der Waals surface area contributed by atoms with Gasteiger partial charge < -0.3 is 9.84 Å². The number of carboxylic acids is 1. The number of rotatable bonds is 4. The van der Waals surface area contributed by atoms with Crippen LogP contribution in [0.25, 0.3) is 22.3 Å². The van der Waals surface area contributed by atoms with Gasteiger partial charge in [-0.05, 0) is 69.9 Å². The third-order valence-corrected chi connectivity index (χ3v) is 8.24.